The molecule has 6 heteroatoms. The molecule has 210 valence electrons. The van der Waals surface area contributed by atoms with Crippen LogP contribution in [0.3, 0.4) is 0 Å². The number of hydrogen-bond donors (Lipinski definition) is 1. The summed E-state index contributed by atoms with van der Waals surface area (Å²) in [5.41, 5.74) is 3.75. The van der Waals surface area contributed by atoms with Crippen molar-refractivity contribution in [3.63, 3.8) is 0 Å². The van der Waals surface area contributed by atoms with Crippen molar-refractivity contribution in [1.82, 2.24) is 15.0 Å². The summed E-state index contributed by atoms with van der Waals surface area (Å²) in [4.78, 5) is 6.89. The topological polar surface area (TPSA) is 71.6 Å². The van der Waals surface area contributed by atoms with E-state index in [1.807, 2.05) is 0 Å². The van der Waals surface area contributed by atoms with E-state index in [0.29, 0.717) is 24.2 Å². The summed E-state index contributed by atoms with van der Waals surface area (Å²) in [5.74, 6) is 2.59. The molecule has 3 atom stereocenters. The lowest BCUT2D eigenvalue weighted by atomic mass is 9.52. The Hall–Kier alpha value is -2.70. The van der Waals surface area contributed by atoms with Crippen LogP contribution in [-0.2, 0) is 31.3 Å². The molecule has 2 aliphatic rings. The lowest BCUT2D eigenvalue weighted by Crippen LogP contribution is -2.51. The fourth-order valence-corrected chi connectivity index (χ4v) is 7.20. The van der Waals surface area contributed by atoms with Gasteiger partial charge in [-0.15, -0.1) is 0 Å². The maximum absolute atomic E-state index is 11.4. The Morgan fingerprint density at radius 3 is 2.67 bits per heavy atom. The maximum atomic E-state index is 11.4. The van der Waals surface area contributed by atoms with Crippen LogP contribution in [0.25, 0.3) is 0 Å². The molecule has 0 spiro atoms. The fraction of sp³-hybridized carbons (Fsp3) is 0.576. The van der Waals surface area contributed by atoms with Crippen molar-refractivity contribution in [3.05, 3.63) is 76.9 Å². The summed E-state index contributed by atoms with van der Waals surface area (Å²) in [6.07, 6.45) is 8.63. The van der Waals surface area contributed by atoms with Gasteiger partial charge in [0, 0.05) is 18.4 Å². The van der Waals surface area contributed by atoms with E-state index in [2.05, 4.69) is 84.3 Å². The first-order valence-corrected chi connectivity index (χ1v) is 15.0. The molecule has 1 heterocycles. The molecule has 2 aliphatic carbocycles. The third-order valence-electron chi connectivity index (χ3n) is 9.31. The molecule has 5 rings (SSSR count). The average molecular weight is 532 g/mol. The van der Waals surface area contributed by atoms with E-state index in [-0.39, 0.29) is 5.41 Å². The van der Waals surface area contributed by atoms with Gasteiger partial charge in [0.25, 0.3) is 0 Å². The molecule has 1 N–H and O–H groups in total. The SMILES string of the molecule is CCC[C@@]1(O)CC[C@@]2(Cc3ccccc3)c3ccc(OCc4noc(CCN(CC)CC)n4)cc3CC[C@@H]2C1. The van der Waals surface area contributed by atoms with Gasteiger partial charge >= 0.3 is 0 Å². The largest absolute Gasteiger partial charge is 0.485 e. The van der Waals surface area contributed by atoms with Crippen LogP contribution in [0.5, 0.6) is 5.75 Å². The first-order chi connectivity index (χ1) is 19.0. The van der Waals surface area contributed by atoms with E-state index in [1.165, 1.54) is 16.7 Å². The smallest absolute Gasteiger partial charge is 0.228 e. The van der Waals surface area contributed by atoms with Crippen molar-refractivity contribution in [2.75, 3.05) is 19.6 Å². The molecule has 0 aliphatic heterocycles. The Labute approximate surface area is 233 Å². The molecule has 0 bridgehead atoms. The molecule has 6 nitrogen and oxygen atoms in total. The number of likely N-dealkylation sites (N-methyl/N-ethyl adjacent to an activating group) is 1. The summed E-state index contributed by atoms with van der Waals surface area (Å²) >= 11 is 0. The van der Waals surface area contributed by atoms with Crippen LogP contribution >= 0.6 is 0 Å². The third-order valence-corrected chi connectivity index (χ3v) is 9.31. The highest BCUT2D eigenvalue weighted by atomic mass is 16.5. The molecule has 2 aromatic carbocycles. The molecule has 1 aromatic heterocycles. The second kappa shape index (κ2) is 12.2. The molecular weight excluding hydrogens is 486 g/mol. The van der Waals surface area contributed by atoms with Crippen LogP contribution in [0.4, 0.5) is 0 Å². The summed E-state index contributed by atoms with van der Waals surface area (Å²) < 4.78 is 11.6. The molecule has 0 amide bonds. The number of rotatable bonds is 12. The highest BCUT2D eigenvalue weighted by Gasteiger charge is 2.51. The van der Waals surface area contributed by atoms with Gasteiger partial charge in [0.15, 0.2) is 6.61 Å². The van der Waals surface area contributed by atoms with E-state index >= 15 is 0 Å². The van der Waals surface area contributed by atoms with Gasteiger partial charge in [0.1, 0.15) is 5.75 Å². The Kier molecular flexibility index (Phi) is 8.73. The van der Waals surface area contributed by atoms with E-state index in [1.54, 1.807) is 0 Å². The average Bonchev–Trinajstić information content (AvgIpc) is 3.41. The predicted octanol–water partition coefficient (Wildman–Crippen LogP) is 6.29. The van der Waals surface area contributed by atoms with Gasteiger partial charge in [0.05, 0.1) is 5.60 Å². The number of aliphatic hydroxyl groups is 1. The summed E-state index contributed by atoms with van der Waals surface area (Å²) in [6, 6.07) is 17.5. The Morgan fingerprint density at radius 1 is 1.08 bits per heavy atom. The van der Waals surface area contributed by atoms with Crippen LogP contribution in [0, 0.1) is 5.92 Å². The van der Waals surface area contributed by atoms with Crippen molar-refractivity contribution in [2.24, 2.45) is 5.92 Å². The zero-order valence-corrected chi connectivity index (χ0v) is 24.0. The predicted molar refractivity (Wildman–Crippen MR) is 154 cm³/mol. The summed E-state index contributed by atoms with van der Waals surface area (Å²) in [6.45, 7) is 9.77. The Morgan fingerprint density at radius 2 is 1.90 bits per heavy atom. The standard InChI is InChI=1S/C33H45N3O3/c1-4-17-32(37)18-19-33(22-25-10-8-7-9-11-25)27(23-32)13-12-26-21-28(14-15-29(26)33)38-24-30-34-31(39-35-30)16-20-36(5-2)6-3/h7-11,14-15,21,27,37H,4-6,12-13,16-20,22-24H2,1-3H3/t27-,32-,33+/m1/s1. The number of benzene rings is 2. The molecule has 1 saturated carbocycles. The summed E-state index contributed by atoms with van der Waals surface area (Å²) in [7, 11) is 0. The minimum Gasteiger partial charge on any atom is -0.485 e. The quantitative estimate of drug-likeness (QED) is 0.296. The second-order valence-electron chi connectivity index (χ2n) is 11.7. The van der Waals surface area contributed by atoms with Crippen molar-refractivity contribution in [1.29, 1.82) is 0 Å². The van der Waals surface area contributed by atoms with Crippen LogP contribution in [0.15, 0.2) is 53.1 Å². The molecule has 0 radical (unpaired) electrons. The molecule has 0 saturated heterocycles. The Balaban J connectivity index is 1.32. The van der Waals surface area contributed by atoms with Gasteiger partial charge < -0.3 is 19.3 Å². The van der Waals surface area contributed by atoms with Crippen molar-refractivity contribution >= 4 is 0 Å². The van der Waals surface area contributed by atoms with Gasteiger partial charge in [-0.1, -0.05) is 68.7 Å². The number of aryl methyl sites for hydroxylation is 1. The lowest BCUT2D eigenvalue weighted by molar-refractivity contribution is -0.0565. The van der Waals surface area contributed by atoms with E-state index < -0.39 is 5.60 Å². The first kappa shape index (κ1) is 27.9. The molecule has 1 fully saturated rings. The van der Waals surface area contributed by atoms with Crippen LogP contribution in [0.2, 0.25) is 0 Å². The summed E-state index contributed by atoms with van der Waals surface area (Å²) in [5, 5.41) is 15.5. The highest BCUT2D eigenvalue weighted by molar-refractivity contribution is 5.45. The fourth-order valence-electron chi connectivity index (χ4n) is 7.20. The van der Waals surface area contributed by atoms with Gasteiger partial charge in [-0.2, -0.15) is 4.98 Å². The number of fused-ring (bicyclic) bond motifs is 3. The highest BCUT2D eigenvalue weighted by Crippen LogP contribution is 2.55. The Bertz CT molecular complexity index is 1210. The minimum atomic E-state index is -0.519. The van der Waals surface area contributed by atoms with Crippen molar-refractivity contribution in [3.8, 4) is 5.75 Å². The van der Waals surface area contributed by atoms with Gasteiger partial charge in [-0.25, -0.2) is 0 Å². The normalized spacial score (nSPS) is 24.4. The first-order valence-electron chi connectivity index (χ1n) is 15.0. The monoisotopic (exact) mass is 531 g/mol. The zero-order chi connectivity index (χ0) is 27.3. The second-order valence-corrected chi connectivity index (χ2v) is 11.7. The molecule has 39 heavy (non-hydrogen) atoms. The molecule has 3 aromatic rings. The van der Waals surface area contributed by atoms with Crippen LogP contribution in [-0.4, -0.2) is 45.4 Å². The molecular formula is C33H45N3O3. The van der Waals surface area contributed by atoms with Gasteiger partial charge in [0.2, 0.25) is 11.7 Å². The van der Waals surface area contributed by atoms with Crippen molar-refractivity contribution < 1.29 is 14.4 Å². The lowest BCUT2D eigenvalue weighted by Gasteiger charge is -2.53. The van der Waals surface area contributed by atoms with Crippen LogP contribution < -0.4 is 4.74 Å². The van der Waals surface area contributed by atoms with Crippen LogP contribution in [0.1, 0.15) is 87.7 Å². The number of hydrogen-bond acceptors (Lipinski definition) is 6. The van der Waals surface area contributed by atoms with E-state index in [9.17, 15) is 5.11 Å². The molecule has 0 unspecified atom stereocenters. The maximum Gasteiger partial charge on any atom is 0.228 e. The van der Waals surface area contributed by atoms with Crippen molar-refractivity contribution in [2.45, 2.75) is 96.2 Å². The third kappa shape index (κ3) is 6.22. The van der Waals surface area contributed by atoms with E-state index in [4.69, 9.17) is 9.26 Å². The van der Waals surface area contributed by atoms with E-state index in [0.717, 1.165) is 83.2 Å². The number of ether oxygens (including phenoxy) is 1. The van der Waals surface area contributed by atoms with Gasteiger partial charge in [-0.05, 0) is 92.8 Å². The van der Waals surface area contributed by atoms with Gasteiger partial charge in [-0.3, -0.25) is 0 Å². The number of nitrogens with zero attached hydrogens (tertiary/aromatic N) is 3. The number of aromatic nitrogens is 2. The zero-order valence-electron chi connectivity index (χ0n) is 24.0. The minimum absolute atomic E-state index is 0.0564.